The van der Waals surface area contributed by atoms with Gasteiger partial charge in [-0.15, -0.1) is 5.10 Å². The number of ether oxygens (including phenoxy) is 1. The first-order valence-electron chi connectivity index (χ1n) is 10.4. The van der Waals surface area contributed by atoms with Gasteiger partial charge in [-0.25, -0.2) is 14.5 Å². The molecule has 3 aromatic carbocycles. The number of hydrogen-bond donors (Lipinski definition) is 0. The molecule has 0 fully saturated rings. The fourth-order valence-corrected chi connectivity index (χ4v) is 3.54. The summed E-state index contributed by atoms with van der Waals surface area (Å²) in [5.74, 6) is -0.714. The maximum absolute atomic E-state index is 12.7. The highest BCUT2D eigenvalue weighted by atomic mass is 35.5. The zero-order valence-corrected chi connectivity index (χ0v) is 19.3. The predicted molar refractivity (Wildman–Crippen MR) is 127 cm³/mol. The molecule has 0 bridgehead atoms. The van der Waals surface area contributed by atoms with Crippen LogP contribution in [0.3, 0.4) is 0 Å². The summed E-state index contributed by atoms with van der Waals surface area (Å²) in [5.41, 5.74) is 5.24. The molecule has 7 heteroatoms. The number of Topliss-reactive ketones (excluding diaryl/α,β-unsaturated/α-hetero) is 1. The summed E-state index contributed by atoms with van der Waals surface area (Å²) < 4.78 is 6.86. The molecule has 0 saturated heterocycles. The van der Waals surface area contributed by atoms with Crippen molar-refractivity contribution in [3.05, 3.63) is 99.8 Å². The number of halogens is 1. The Labute approximate surface area is 196 Å². The number of benzene rings is 3. The standard InChI is InChI=1S/C26H22ClN3O3/c1-16-4-7-20(8-5-16)25-28-24(29-30(25)22-13-6-17(2)14-18(22)3)26(32)33-15-23(31)19-9-11-21(27)12-10-19/h4-14H,15H2,1-3H3. The first kappa shape index (κ1) is 22.4. The third-order valence-corrected chi connectivity index (χ3v) is 5.43. The zero-order chi connectivity index (χ0) is 23.5. The molecule has 0 aliphatic rings. The number of aromatic nitrogens is 3. The van der Waals surface area contributed by atoms with Crippen LogP contribution in [0.1, 0.15) is 37.7 Å². The van der Waals surface area contributed by atoms with E-state index in [9.17, 15) is 9.59 Å². The number of hydrogen-bond acceptors (Lipinski definition) is 5. The fraction of sp³-hybridized carbons (Fsp3) is 0.154. The van der Waals surface area contributed by atoms with Crippen LogP contribution in [0.25, 0.3) is 17.1 Å². The molecule has 4 rings (SSSR count). The van der Waals surface area contributed by atoms with E-state index < -0.39 is 12.6 Å². The Bertz CT molecular complexity index is 1330. The smallest absolute Gasteiger partial charge is 0.378 e. The Morgan fingerprint density at radius 2 is 1.58 bits per heavy atom. The molecule has 4 aromatic rings. The minimum absolute atomic E-state index is 0.116. The Hall–Kier alpha value is -3.77. The quantitative estimate of drug-likeness (QED) is 0.279. The van der Waals surface area contributed by atoms with E-state index in [1.54, 1.807) is 28.9 Å². The van der Waals surface area contributed by atoms with Crippen molar-refractivity contribution in [3.8, 4) is 17.1 Å². The highest BCUT2D eigenvalue weighted by Gasteiger charge is 2.22. The highest BCUT2D eigenvalue weighted by Crippen LogP contribution is 2.24. The lowest BCUT2D eigenvalue weighted by Crippen LogP contribution is -2.15. The topological polar surface area (TPSA) is 74.1 Å². The van der Waals surface area contributed by atoms with Gasteiger partial charge in [0, 0.05) is 16.1 Å². The van der Waals surface area contributed by atoms with Crippen LogP contribution in [0.2, 0.25) is 5.02 Å². The van der Waals surface area contributed by atoms with Crippen molar-refractivity contribution in [2.24, 2.45) is 0 Å². The molecule has 166 valence electrons. The van der Waals surface area contributed by atoms with E-state index in [-0.39, 0.29) is 11.6 Å². The second-order valence-electron chi connectivity index (χ2n) is 7.83. The number of carbonyl (C=O) groups is 2. The van der Waals surface area contributed by atoms with Crippen LogP contribution >= 0.6 is 11.6 Å². The van der Waals surface area contributed by atoms with Crippen LogP contribution in [0.4, 0.5) is 0 Å². The molecule has 1 heterocycles. The lowest BCUT2D eigenvalue weighted by atomic mass is 10.1. The molecular weight excluding hydrogens is 438 g/mol. The van der Waals surface area contributed by atoms with Crippen molar-refractivity contribution >= 4 is 23.4 Å². The van der Waals surface area contributed by atoms with E-state index in [0.29, 0.717) is 16.4 Å². The van der Waals surface area contributed by atoms with Crippen LogP contribution in [0, 0.1) is 20.8 Å². The summed E-state index contributed by atoms with van der Waals surface area (Å²) in [6.45, 7) is 5.57. The molecule has 0 unspecified atom stereocenters. The van der Waals surface area contributed by atoms with E-state index in [1.165, 1.54) is 0 Å². The summed E-state index contributed by atoms with van der Waals surface area (Å²) in [5, 5.41) is 4.96. The normalized spacial score (nSPS) is 10.8. The maximum atomic E-state index is 12.7. The molecule has 0 radical (unpaired) electrons. The van der Waals surface area contributed by atoms with Gasteiger partial charge in [0.1, 0.15) is 0 Å². The van der Waals surface area contributed by atoms with E-state index in [4.69, 9.17) is 16.3 Å². The first-order chi connectivity index (χ1) is 15.8. The van der Waals surface area contributed by atoms with Gasteiger partial charge in [-0.05, 0) is 56.7 Å². The number of ketones is 1. The van der Waals surface area contributed by atoms with Gasteiger partial charge in [0.15, 0.2) is 18.2 Å². The van der Waals surface area contributed by atoms with Crippen molar-refractivity contribution < 1.29 is 14.3 Å². The Morgan fingerprint density at radius 1 is 0.909 bits per heavy atom. The van der Waals surface area contributed by atoms with Gasteiger partial charge in [0.2, 0.25) is 0 Å². The average molecular weight is 460 g/mol. The Kier molecular flexibility index (Phi) is 6.38. The molecule has 0 aliphatic carbocycles. The van der Waals surface area contributed by atoms with Gasteiger partial charge in [0.25, 0.3) is 5.82 Å². The third-order valence-electron chi connectivity index (χ3n) is 5.18. The molecule has 33 heavy (non-hydrogen) atoms. The fourth-order valence-electron chi connectivity index (χ4n) is 3.41. The Balaban J connectivity index is 1.64. The second kappa shape index (κ2) is 9.38. The molecule has 0 spiro atoms. The van der Waals surface area contributed by atoms with Crippen molar-refractivity contribution in [1.82, 2.24) is 14.8 Å². The van der Waals surface area contributed by atoms with Gasteiger partial charge in [-0.1, -0.05) is 59.1 Å². The first-order valence-corrected chi connectivity index (χ1v) is 10.8. The molecule has 0 amide bonds. The molecule has 0 saturated carbocycles. The van der Waals surface area contributed by atoms with E-state index in [1.807, 2.05) is 63.2 Å². The summed E-state index contributed by atoms with van der Waals surface area (Å²) in [6.07, 6.45) is 0. The minimum Gasteiger partial charge on any atom is -0.451 e. The molecule has 1 aromatic heterocycles. The van der Waals surface area contributed by atoms with Crippen molar-refractivity contribution in [2.45, 2.75) is 20.8 Å². The number of aryl methyl sites for hydroxylation is 3. The van der Waals surface area contributed by atoms with Gasteiger partial charge in [0.05, 0.1) is 5.69 Å². The lowest BCUT2D eigenvalue weighted by Gasteiger charge is -2.10. The van der Waals surface area contributed by atoms with Gasteiger partial charge in [-0.3, -0.25) is 4.79 Å². The second-order valence-corrected chi connectivity index (χ2v) is 8.27. The zero-order valence-electron chi connectivity index (χ0n) is 18.5. The highest BCUT2D eigenvalue weighted by molar-refractivity contribution is 6.30. The lowest BCUT2D eigenvalue weighted by molar-refractivity contribution is 0.0462. The molecule has 0 N–H and O–H groups in total. The minimum atomic E-state index is -0.769. The van der Waals surface area contributed by atoms with Crippen molar-refractivity contribution in [2.75, 3.05) is 6.61 Å². The van der Waals surface area contributed by atoms with Crippen molar-refractivity contribution in [3.63, 3.8) is 0 Å². The molecule has 6 nitrogen and oxygen atoms in total. The van der Waals surface area contributed by atoms with Crippen LogP contribution in [0.15, 0.2) is 66.7 Å². The summed E-state index contributed by atoms with van der Waals surface area (Å²) in [6, 6.07) is 20.1. The molecule has 0 aliphatic heterocycles. The summed E-state index contributed by atoms with van der Waals surface area (Å²) in [7, 11) is 0. The van der Waals surface area contributed by atoms with Crippen molar-refractivity contribution in [1.29, 1.82) is 0 Å². The van der Waals surface area contributed by atoms with E-state index >= 15 is 0 Å². The Morgan fingerprint density at radius 3 is 2.24 bits per heavy atom. The SMILES string of the molecule is Cc1ccc(-c2nc(C(=O)OCC(=O)c3ccc(Cl)cc3)nn2-c2ccc(C)cc2C)cc1. The number of nitrogens with zero attached hydrogens (tertiary/aromatic N) is 3. The van der Waals surface area contributed by atoms with Gasteiger partial charge >= 0.3 is 5.97 Å². The van der Waals surface area contributed by atoms with Gasteiger partial charge < -0.3 is 4.74 Å². The summed E-state index contributed by atoms with van der Waals surface area (Å²) in [4.78, 5) is 29.5. The van der Waals surface area contributed by atoms with E-state index in [2.05, 4.69) is 10.1 Å². The van der Waals surface area contributed by atoms with Gasteiger partial charge in [-0.2, -0.15) is 0 Å². The van der Waals surface area contributed by atoms with Crippen LogP contribution in [-0.2, 0) is 4.74 Å². The maximum Gasteiger partial charge on any atom is 0.378 e. The molecular formula is C26H22ClN3O3. The number of rotatable bonds is 6. The van der Waals surface area contributed by atoms with Crippen LogP contribution < -0.4 is 0 Å². The predicted octanol–water partition coefficient (Wildman–Crippen LogP) is 5.55. The van der Waals surface area contributed by atoms with Crippen LogP contribution in [-0.4, -0.2) is 33.1 Å². The van der Waals surface area contributed by atoms with E-state index in [0.717, 1.165) is 27.9 Å². The number of esters is 1. The van der Waals surface area contributed by atoms with Crippen LogP contribution in [0.5, 0.6) is 0 Å². The number of carbonyl (C=O) groups excluding carboxylic acids is 2. The monoisotopic (exact) mass is 459 g/mol. The molecule has 0 atom stereocenters. The largest absolute Gasteiger partial charge is 0.451 e. The third kappa shape index (κ3) is 5.02. The average Bonchev–Trinajstić information content (AvgIpc) is 3.23. The summed E-state index contributed by atoms with van der Waals surface area (Å²) >= 11 is 5.85.